The molecule has 5 rings (SSSR count). The summed E-state index contributed by atoms with van der Waals surface area (Å²) in [6.45, 7) is 7.74. The van der Waals surface area contributed by atoms with Crippen molar-refractivity contribution < 1.29 is 5.11 Å². The zero-order valence-corrected chi connectivity index (χ0v) is 20.9. The Bertz CT molecular complexity index is 1510. The highest BCUT2D eigenvalue weighted by atomic mass is 16.3. The number of benzene rings is 3. The molecule has 2 aromatic heterocycles. The number of nitrogens with zero attached hydrogens (tertiary/aromatic N) is 3. The molecule has 0 unspecified atom stereocenters. The van der Waals surface area contributed by atoms with Gasteiger partial charge >= 0.3 is 0 Å². The third-order valence-electron chi connectivity index (χ3n) is 6.28. The minimum atomic E-state index is 0.0387. The molecule has 0 spiro atoms. The van der Waals surface area contributed by atoms with E-state index in [0.29, 0.717) is 23.3 Å². The third kappa shape index (κ3) is 4.73. The zero-order valence-electron chi connectivity index (χ0n) is 20.9. The number of nitrogens with one attached hydrogen (secondary N) is 1. The third-order valence-corrected chi connectivity index (χ3v) is 6.28. The molecule has 36 heavy (non-hydrogen) atoms. The molecular formula is C30H31N5O. The summed E-state index contributed by atoms with van der Waals surface area (Å²) < 4.78 is 1.88. The lowest BCUT2D eigenvalue weighted by Gasteiger charge is -2.21. The van der Waals surface area contributed by atoms with Crippen LogP contribution in [0.4, 0.5) is 0 Å². The number of hydrogen-bond acceptors (Lipinski definition) is 5. The molecule has 0 aliphatic carbocycles. The molecule has 0 atom stereocenters. The Morgan fingerprint density at radius 2 is 1.67 bits per heavy atom. The molecule has 0 aliphatic rings. The molecule has 5 aromatic rings. The second kappa shape index (κ2) is 9.57. The summed E-state index contributed by atoms with van der Waals surface area (Å²) in [5.74, 6) is 0.102. The molecule has 0 aliphatic heterocycles. The van der Waals surface area contributed by atoms with Crippen LogP contribution in [0.2, 0.25) is 0 Å². The van der Waals surface area contributed by atoms with Gasteiger partial charge in [-0.3, -0.25) is 4.57 Å². The molecule has 6 nitrogen and oxygen atoms in total. The Kier molecular flexibility index (Phi) is 6.31. The average Bonchev–Trinajstić information content (AvgIpc) is 3.33. The van der Waals surface area contributed by atoms with Crippen molar-refractivity contribution in [2.45, 2.75) is 39.4 Å². The summed E-state index contributed by atoms with van der Waals surface area (Å²) in [6, 6.07) is 24.5. The van der Waals surface area contributed by atoms with Crippen LogP contribution in [-0.4, -0.2) is 25.2 Å². The number of fused-ring (bicyclic) bond motifs is 1. The van der Waals surface area contributed by atoms with Crippen LogP contribution in [0.15, 0.2) is 85.3 Å². The fourth-order valence-corrected chi connectivity index (χ4v) is 4.36. The first kappa shape index (κ1) is 23.7. The molecular weight excluding hydrogens is 446 g/mol. The van der Waals surface area contributed by atoms with Gasteiger partial charge in [0.2, 0.25) is 0 Å². The second-order valence-electron chi connectivity index (χ2n) is 10.0. The van der Waals surface area contributed by atoms with Crippen LogP contribution >= 0.6 is 0 Å². The van der Waals surface area contributed by atoms with Crippen molar-refractivity contribution in [1.29, 1.82) is 0 Å². The highest BCUT2D eigenvalue weighted by Gasteiger charge is 2.17. The molecule has 3 aromatic carbocycles. The van der Waals surface area contributed by atoms with Crippen LogP contribution in [0.1, 0.15) is 31.9 Å². The lowest BCUT2D eigenvalue weighted by atomic mass is 9.97. The Morgan fingerprint density at radius 3 is 2.42 bits per heavy atom. The number of pyridine rings is 1. The van der Waals surface area contributed by atoms with Gasteiger partial charge in [0, 0.05) is 29.9 Å². The maximum Gasteiger partial charge on any atom is 0.168 e. The first-order chi connectivity index (χ1) is 17.3. The molecule has 0 radical (unpaired) electrons. The molecule has 0 bridgehead atoms. The fraction of sp³-hybridized carbons (Fsp3) is 0.200. The van der Waals surface area contributed by atoms with Gasteiger partial charge in [0.25, 0.3) is 0 Å². The van der Waals surface area contributed by atoms with E-state index in [1.807, 2.05) is 41.0 Å². The number of nitrogens with two attached hydrogens (primary N) is 1. The zero-order chi connectivity index (χ0) is 25.3. The standard InChI is InChI=1S/C30H31N5O/c1-30(2,3)34-17-23-8-4-5-10-25(23)21-11-13-22(14-12-21)27-29(36)28-26(18-32-27)33-19-35(28)24-9-6-7-20(15-24)16-31/h4-15,18-19,34,36H,16-17,31H2,1-3H3. The largest absolute Gasteiger partial charge is 0.504 e. The van der Waals surface area contributed by atoms with Crippen molar-refractivity contribution in [1.82, 2.24) is 19.9 Å². The van der Waals surface area contributed by atoms with E-state index in [4.69, 9.17) is 5.73 Å². The van der Waals surface area contributed by atoms with E-state index in [2.05, 4.69) is 72.5 Å². The average molecular weight is 478 g/mol. The van der Waals surface area contributed by atoms with Gasteiger partial charge in [0.1, 0.15) is 23.1 Å². The molecule has 0 saturated heterocycles. The number of aromatic hydroxyl groups is 1. The summed E-state index contributed by atoms with van der Waals surface area (Å²) >= 11 is 0. The van der Waals surface area contributed by atoms with E-state index in [0.717, 1.165) is 28.9 Å². The monoisotopic (exact) mass is 477 g/mol. The number of hydrogen-bond donors (Lipinski definition) is 3. The Morgan fingerprint density at radius 1 is 0.917 bits per heavy atom. The first-order valence-electron chi connectivity index (χ1n) is 12.1. The molecule has 0 fully saturated rings. The summed E-state index contributed by atoms with van der Waals surface area (Å²) in [6.07, 6.45) is 3.41. The van der Waals surface area contributed by atoms with Gasteiger partial charge in [0.05, 0.1) is 6.20 Å². The summed E-state index contributed by atoms with van der Waals surface area (Å²) in [5.41, 5.74) is 13.9. The van der Waals surface area contributed by atoms with Crippen LogP contribution in [0, 0.1) is 0 Å². The van der Waals surface area contributed by atoms with Crippen molar-refractivity contribution in [3.8, 4) is 33.8 Å². The SMILES string of the molecule is CC(C)(C)NCc1ccccc1-c1ccc(-c2ncc3ncn(-c4cccc(CN)c4)c3c2O)cc1. The predicted molar refractivity (Wildman–Crippen MR) is 146 cm³/mol. The molecule has 0 saturated carbocycles. The summed E-state index contributed by atoms with van der Waals surface area (Å²) in [4.78, 5) is 8.99. The second-order valence-corrected chi connectivity index (χ2v) is 10.0. The van der Waals surface area contributed by atoms with E-state index >= 15 is 0 Å². The quantitative estimate of drug-likeness (QED) is 0.287. The van der Waals surface area contributed by atoms with Crippen molar-refractivity contribution in [3.05, 3.63) is 96.4 Å². The maximum absolute atomic E-state index is 11.3. The summed E-state index contributed by atoms with van der Waals surface area (Å²) in [7, 11) is 0. The normalized spacial score (nSPS) is 11.8. The van der Waals surface area contributed by atoms with Crippen LogP contribution in [0.25, 0.3) is 39.1 Å². The van der Waals surface area contributed by atoms with Gasteiger partial charge < -0.3 is 16.2 Å². The highest BCUT2D eigenvalue weighted by molar-refractivity contribution is 5.89. The molecule has 4 N–H and O–H groups in total. The van der Waals surface area contributed by atoms with Gasteiger partial charge in [-0.05, 0) is 55.2 Å². The Hall–Kier alpha value is -4.00. The Labute approximate surface area is 211 Å². The highest BCUT2D eigenvalue weighted by Crippen LogP contribution is 2.36. The molecule has 2 heterocycles. The minimum Gasteiger partial charge on any atom is -0.504 e. The molecule has 0 amide bonds. The lowest BCUT2D eigenvalue weighted by molar-refractivity contribution is 0.424. The predicted octanol–water partition coefficient (Wildman–Crippen LogP) is 5.81. The van der Waals surface area contributed by atoms with Crippen LogP contribution in [0.3, 0.4) is 0 Å². The first-order valence-corrected chi connectivity index (χ1v) is 12.1. The Balaban J connectivity index is 1.51. The fourth-order valence-electron chi connectivity index (χ4n) is 4.36. The van der Waals surface area contributed by atoms with Crippen LogP contribution in [0.5, 0.6) is 5.75 Å². The van der Waals surface area contributed by atoms with Crippen LogP contribution in [-0.2, 0) is 13.1 Å². The van der Waals surface area contributed by atoms with Crippen molar-refractivity contribution in [3.63, 3.8) is 0 Å². The van der Waals surface area contributed by atoms with Crippen molar-refractivity contribution in [2.24, 2.45) is 5.73 Å². The number of aromatic nitrogens is 3. The van der Waals surface area contributed by atoms with Crippen molar-refractivity contribution >= 4 is 11.0 Å². The van der Waals surface area contributed by atoms with Crippen LogP contribution < -0.4 is 11.1 Å². The van der Waals surface area contributed by atoms with E-state index in [1.54, 1.807) is 12.5 Å². The van der Waals surface area contributed by atoms with Gasteiger partial charge in [0.15, 0.2) is 5.75 Å². The van der Waals surface area contributed by atoms with Crippen molar-refractivity contribution in [2.75, 3.05) is 0 Å². The lowest BCUT2D eigenvalue weighted by Crippen LogP contribution is -2.35. The van der Waals surface area contributed by atoms with E-state index in [1.165, 1.54) is 11.1 Å². The number of imidazole rings is 1. The summed E-state index contributed by atoms with van der Waals surface area (Å²) in [5, 5.41) is 14.9. The van der Waals surface area contributed by atoms with Gasteiger partial charge in [-0.2, -0.15) is 0 Å². The van der Waals surface area contributed by atoms with Gasteiger partial charge in [-0.25, -0.2) is 9.97 Å². The molecule has 6 heteroatoms. The smallest absolute Gasteiger partial charge is 0.168 e. The number of rotatable bonds is 6. The maximum atomic E-state index is 11.3. The minimum absolute atomic E-state index is 0.0387. The van der Waals surface area contributed by atoms with Gasteiger partial charge in [-0.15, -0.1) is 0 Å². The van der Waals surface area contributed by atoms with E-state index in [9.17, 15) is 5.11 Å². The van der Waals surface area contributed by atoms with E-state index in [-0.39, 0.29) is 11.3 Å². The topological polar surface area (TPSA) is 89.0 Å². The molecule has 182 valence electrons. The van der Waals surface area contributed by atoms with Gasteiger partial charge in [-0.1, -0.05) is 60.7 Å². The van der Waals surface area contributed by atoms with E-state index < -0.39 is 0 Å².